The lowest BCUT2D eigenvalue weighted by atomic mass is 9.83. The van der Waals surface area contributed by atoms with E-state index in [1.807, 2.05) is 42.5 Å². The predicted molar refractivity (Wildman–Crippen MR) is 173 cm³/mol. The maximum atomic E-state index is 14.9. The zero-order chi connectivity index (χ0) is 27.9. The van der Waals surface area contributed by atoms with Gasteiger partial charge in [0, 0.05) is 5.39 Å². The Bertz CT molecular complexity index is 2420. The van der Waals surface area contributed by atoms with Crippen LogP contribution in [-0.2, 0) is 0 Å². The number of benzene rings is 9. The highest BCUT2D eigenvalue weighted by Crippen LogP contribution is 2.47. The molecule has 0 N–H and O–H groups in total. The maximum absolute atomic E-state index is 14.9. The van der Waals surface area contributed by atoms with Crippen molar-refractivity contribution in [2.75, 3.05) is 0 Å². The highest BCUT2D eigenvalue weighted by Gasteiger charge is 2.20. The highest BCUT2D eigenvalue weighted by molar-refractivity contribution is 6.27. The molecule has 0 aliphatic heterocycles. The average Bonchev–Trinajstić information content (AvgIpc) is 3.02. The van der Waals surface area contributed by atoms with E-state index in [1.54, 1.807) is 18.2 Å². The number of rotatable bonds is 2. The Morgan fingerprint density at radius 2 is 0.786 bits per heavy atom. The van der Waals surface area contributed by atoms with Gasteiger partial charge in [-0.2, -0.15) is 0 Å². The third-order valence-corrected chi connectivity index (χ3v) is 8.86. The predicted octanol–water partition coefficient (Wildman–Crippen LogP) is 11.7. The molecule has 0 bridgehead atoms. The first-order valence-electron chi connectivity index (χ1n) is 14.2. The number of hydrogen-bond acceptors (Lipinski definition) is 0. The Kier molecular flexibility index (Phi) is 4.77. The van der Waals surface area contributed by atoms with Gasteiger partial charge in [-0.25, -0.2) is 8.78 Å². The van der Waals surface area contributed by atoms with Gasteiger partial charge in [0.1, 0.15) is 11.6 Å². The third kappa shape index (κ3) is 3.21. The van der Waals surface area contributed by atoms with Gasteiger partial charge >= 0.3 is 0 Å². The normalized spacial score (nSPS) is 12.0. The molecular weight excluding hydrogens is 518 g/mol. The number of hydrogen-bond donors (Lipinski definition) is 0. The quantitative estimate of drug-likeness (QED) is 0.151. The van der Waals surface area contributed by atoms with Crippen LogP contribution in [0.3, 0.4) is 0 Å². The average molecular weight is 541 g/mol. The zero-order valence-corrected chi connectivity index (χ0v) is 22.5. The Balaban J connectivity index is 1.42. The van der Waals surface area contributed by atoms with Crippen LogP contribution in [0.2, 0.25) is 0 Å². The molecule has 0 fully saturated rings. The van der Waals surface area contributed by atoms with Crippen LogP contribution in [0.4, 0.5) is 8.78 Å². The van der Waals surface area contributed by atoms with Crippen molar-refractivity contribution < 1.29 is 8.78 Å². The monoisotopic (exact) mass is 540 g/mol. The molecule has 42 heavy (non-hydrogen) atoms. The van der Waals surface area contributed by atoms with Crippen LogP contribution >= 0.6 is 0 Å². The summed E-state index contributed by atoms with van der Waals surface area (Å²) in [6.45, 7) is 0. The summed E-state index contributed by atoms with van der Waals surface area (Å²) >= 11 is 0. The molecule has 0 amide bonds. The molecule has 0 aliphatic carbocycles. The van der Waals surface area contributed by atoms with Gasteiger partial charge in [0.05, 0.1) is 0 Å². The van der Waals surface area contributed by atoms with Crippen molar-refractivity contribution in [3.8, 4) is 22.3 Å². The van der Waals surface area contributed by atoms with Gasteiger partial charge < -0.3 is 0 Å². The molecule has 0 atom stereocenters. The summed E-state index contributed by atoms with van der Waals surface area (Å²) < 4.78 is 29.2. The zero-order valence-electron chi connectivity index (χ0n) is 22.5. The molecule has 0 nitrogen and oxygen atoms in total. The van der Waals surface area contributed by atoms with Crippen molar-refractivity contribution in [3.63, 3.8) is 0 Å². The summed E-state index contributed by atoms with van der Waals surface area (Å²) in [7, 11) is 0. The van der Waals surface area contributed by atoms with E-state index in [9.17, 15) is 8.78 Å². The van der Waals surface area contributed by atoms with Crippen molar-refractivity contribution in [2.24, 2.45) is 0 Å². The van der Waals surface area contributed by atoms with E-state index in [2.05, 4.69) is 72.8 Å². The molecule has 9 aromatic rings. The van der Waals surface area contributed by atoms with E-state index in [-0.39, 0.29) is 11.6 Å². The number of fused-ring (bicyclic) bond motifs is 3. The smallest absolute Gasteiger partial charge is 0.131 e. The van der Waals surface area contributed by atoms with Crippen molar-refractivity contribution in [1.82, 2.24) is 0 Å². The molecule has 2 heteroatoms. The molecular formula is C40H22F2. The molecule has 0 heterocycles. The summed E-state index contributed by atoms with van der Waals surface area (Å²) in [5.74, 6) is -0.426. The first-order chi connectivity index (χ1) is 20.7. The first kappa shape index (κ1) is 23.4. The van der Waals surface area contributed by atoms with Gasteiger partial charge in [0.2, 0.25) is 0 Å². The van der Waals surface area contributed by atoms with Gasteiger partial charge in [0.25, 0.3) is 0 Å². The minimum atomic E-state index is -0.214. The Morgan fingerprint density at radius 1 is 0.357 bits per heavy atom. The summed E-state index contributed by atoms with van der Waals surface area (Å²) in [5, 5.41) is 12.5. The minimum absolute atomic E-state index is 0.212. The molecule has 196 valence electrons. The van der Waals surface area contributed by atoms with Gasteiger partial charge in [-0.05, 0) is 112 Å². The second kappa shape index (κ2) is 8.58. The van der Waals surface area contributed by atoms with Crippen molar-refractivity contribution in [2.45, 2.75) is 0 Å². The maximum Gasteiger partial charge on any atom is 0.131 e. The largest absolute Gasteiger partial charge is 0.207 e. The van der Waals surface area contributed by atoms with E-state index >= 15 is 0 Å². The van der Waals surface area contributed by atoms with E-state index in [4.69, 9.17) is 0 Å². The minimum Gasteiger partial charge on any atom is -0.207 e. The Labute approximate surface area is 240 Å². The lowest BCUT2D eigenvalue weighted by molar-refractivity contribution is 0.631. The summed E-state index contributed by atoms with van der Waals surface area (Å²) in [6.07, 6.45) is 0. The van der Waals surface area contributed by atoms with Crippen LogP contribution < -0.4 is 0 Å². The fourth-order valence-electron chi connectivity index (χ4n) is 7.15. The number of halogens is 2. The summed E-state index contributed by atoms with van der Waals surface area (Å²) in [4.78, 5) is 0. The van der Waals surface area contributed by atoms with Crippen LogP contribution in [0.25, 0.3) is 86.9 Å². The van der Waals surface area contributed by atoms with E-state index in [0.717, 1.165) is 75.9 Å². The Hall–Kier alpha value is -5.34. The first-order valence-corrected chi connectivity index (χ1v) is 14.2. The fourth-order valence-corrected chi connectivity index (χ4v) is 7.15. The Morgan fingerprint density at radius 3 is 1.31 bits per heavy atom. The van der Waals surface area contributed by atoms with E-state index in [0.29, 0.717) is 5.39 Å². The molecule has 0 saturated heterocycles. The van der Waals surface area contributed by atoms with Crippen molar-refractivity contribution in [1.29, 1.82) is 0 Å². The van der Waals surface area contributed by atoms with Gasteiger partial charge in [-0.3, -0.25) is 0 Å². The standard InChI is InChI=1S/C40H22F2/c41-28-21-25-15-13-23-19-27(20-24-14-16-26(22-28)38(25)37(23)24)39-31-9-3-5-11-33(31)40(34-12-6-4-10-32(34)39)35-17-18-36(42)30-8-2-1-7-29(30)35/h1-22H. The second-order valence-electron chi connectivity index (χ2n) is 11.1. The third-order valence-electron chi connectivity index (χ3n) is 8.86. The summed E-state index contributed by atoms with van der Waals surface area (Å²) in [5.41, 5.74) is 4.44. The van der Waals surface area contributed by atoms with Crippen LogP contribution in [0, 0.1) is 11.6 Å². The van der Waals surface area contributed by atoms with Crippen LogP contribution in [0.1, 0.15) is 0 Å². The lowest BCUT2D eigenvalue weighted by Gasteiger charge is -2.20. The molecule has 0 spiro atoms. The summed E-state index contributed by atoms with van der Waals surface area (Å²) in [6, 6.07) is 44.3. The lowest BCUT2D eigenvalue weighted by Crippen LogP contribution is -1.93. The highest BCUT2D eigenvalue weighted by atomic mass is 19.1. The molecule has 9 rings (SSSR count). The molecule has 0 aromatic heterocycles. The van der Waals surface area contributed by atoms with Gasteiger partial charge in [-0.15, -0.1) is 0 Å². The van der Waals surface area contributed by atoms with Gasteiger partial charge in [-0.1, -0.05) is 103 Å². The van der Waals surface area contributed by atoms with E-state index < -0.39 is 0 Å². The van der Waals surface area contributed by atoms with Crippen molar-refractivity contribution >= 4 is 64.6 Å². The molecule has 9 aromatic carbocycles. The molecule has 0 radical (unpaired) electrons. The van der Waals surface area contributed by atoms with Gasteiger partial charge in [0.15, 0.2) is 0 Å². The van der Waals surface area contributed by atoms with Crippen LogP contribution in [0.15, 0.2) is 133 Å². The van der Waals surface area contributed by atoms with Crippen LogP contribution in [-0.4, -0.2) is 0 Å². The second-order valence-corrected chi connectivity index (χ2v) is 11.1. The van der Waals surface area contributed by atoms with Crippen molar-refractivity contribution in [3.05, 3.63) is 145 Å². The molecule has 0 saturated carbocycles. The van der Waals surface area contributed by atoms with E-state index in [1.165, 1.54) is 5.56 Å². The fraction of sp³-hybridized carbons (Fsp3) is 0. The molecule has 0 aliphatic rings. The van der Waals surface area contributed by atoms with Crippen LogP contribution in [0.5, 0.6) is 0 Å². The molecule has 0 unspecified atom stereocenters. The topological polar surface area (TPSA) is 0 Å². The SMILES string of the molecule is Fc1cc2ccc3cc(-c4c5ccccc5c(-c5ccc(F)c6ccccc56)c5ccccc45)cc4ccc(c1)c2c34.